The quantitative estimate of drug-likeness (QED) is 0.444. The number of fused-ring (bicyclic) bond motifs is 1. The van der Waals surface area contributed by atoms with Crippen molar-refractivity contribution >= 4 is 0 Å². The first kappa shape index (κ1) is 24.5. The molecule has 2 fully saturated rings. The lowest BCUT2D eigenvalue weighted by atomic mass is 9.62. The van der Waals surface area contributed by atoms with Crippen molar-refractivity contribution in [3.8, 4) is 0 Å². The van der Waals surface area contributed by atoms with Crippen LogP contribution in [0.5, 0.6) is 0 Å². The molecule has 0 amide bonds. The van der Waals surface area contributed by atoms with Crippen LogP contribution >= 0.6 is 0 Å². The predicted molar refractivity (Wildman–Crippen MR) is 129 cm³/mol. The fourth-order valence-electron chi connectivity index (χ4n) is 6.38. The van der Waals surface area contributed by atoms with Crippen molar-refractivity contribution in [1.29, 1.82) is 0 Å². The van der Waals surface area contributed by atoms with Gasteiger partial charge in [-0.25, -0.2) is 0 Å². The van der Waals surface area contributed by atoms with Crippen molar-refractivity contribution in [2.75, 3.05) is 6.61 Å². The number of hydrogen-bond donors (Lipinski definition) is 3. The van der Waals surface area contributed by atoms with Crippen LogP contribution in [0.3, 0.4) is 0 Å². The fraction of sp³-hybridized carbons (Fsp3) is 0.714. The Labute approximate surface area is 189 Å². The van der Waals surface area contributed by atoms with E-state index in [1.54, 1.807) is 5.57 Å². The van der Waals surface area contributed by atoms with Crippen molar-refractivity contribution in [3.63, 3.8) is 0 Å². The standard InChI is InChI=1S/C28H44O3/c1-19(8-6-14-27(3,4)31)25-12-13-26-21(9-7-15-28(25,26)5)10-11-22-16-24(30)17-23(18-29)20(22)2/h10-12,19,23-24,26,29-31H,2,6-9,13-18H2,1,3-5H3/b21-10+,22-11+/t19-,23-,24-,26+,28-/m1/s1. The molecule has 0 aromatic carbocycles. The Balaban J connectivity index is 1.72. The molecule has 0 aromatic heterocycles. The summed E-state index contributed by atoms with van der Waals surface area (Å²) >= 11 is 0. The first-order valence-electron chi connectivity index (χ1n) is 12.4. The van der Waals surface area contributed by atoms with Gasteiger partial charge in [0.2, 0.25) is 0 Å². The van der Waals surface area contributed by atoms with E-state index >= 15 is 0 Å². The van der Waals surface area contributed by atoms with E-state index < -0.39 is 5.60 Å². The highest BCUT2D eigenvalue weighted by Gasteiger charge is 2.45. The van der Waals surface area contributed by atoms with Crippen LogP contribution in [0.25, 0.3) is 0 Å². The molecule has 3 heteroatoms. The zero-order valence-corrected chi connectivity index (χ0v) is 20.2. The van der Waals surface area contributed by atoms with Crippen LogP contribution in [0, 0.1) is 23.2 Å². The Bertz CT molecular complexity index is 751. The lowest BCUT2D eigenvalue weighted by Crippen LogP contribution is -2.32. The summed E-state index contributed by atoms with van der Waals surface area (Å²) < 4.78 is 0. The molecule has 0 spiro atoms. The molecular weight excluding hydrogens is 384 g/mol. The van der Waals surface area contributed by atoms with E-state index in [0.29, 0.717) is 24.7 Å². The number of hydrogen-bond acceptors (Lipinski definition) is 3. The van der Waals surface area contributed by atoms with Crippen LogP contribution in [0.4, 0.5) is 0 Å². The van der Waals surface area contributed by atoms with E-state index in [1.807, 2.05) is 13.8 Å². The molecule has 0 aromatic rings. The van der Waals surface area contributed by atoms with E-state index in [1.165, 1.54) is 18.4 Å². The molecule has 0 unspecified atom stereocenters. The van der Waals surface area contributed by atoms with Crippen molar-refractivity contribution in [1.82, 2.24) is 0 Å². The third-order valence-electron chi connectivity index (χ3n) is 8.20. The van der Waals surface area contributed by atoms with Crippen LogP contribution in [0.2, 0.25) is 0 Å². The molecule has 2 saturated carbocycles. The van der Waals surface area contributed by atoms with Crippen LogP contribution in [-0.2, 0) is 0 Å². The smallest absolute Gasteiger partial charge is 0.0591 e. The molecule has 0 radical (unpaired) electrons. The van der Waals surface area contributed by atoms with E-state index in [2.05, 4.69) is 38.7 Å². The molecule has 3 nitrogen and oxygen atoms in total. The molecule has 0 saturated heterocycles. The predicted octanol–water partition coefficient (Wildman–Crippen LogP) is 5.87. The van der Waals surface area contributed by atoms with Crippen LogP contribution in [0.1, 0.15) is 85.5 Å². The van der Waals surface area contributed by atoms with E-state index in [4.69, 9.17) is 0 Å². The molecule has 5 atom stereocenters. The molecular formula is C28H44O3. The average molecular weight is 429 g/mol. The van der Waals surface area contributed by atoms with Gasteiger partial charge in [0.25, 0.3) is 0 Å². The molecule has 31 heavy (non-hydrogen) atoms. The lowest BCUT2D eigenvalue weighted by molar-refractivity contribution is 0.0670. The van der Waals surface area contributed by atoms with Crippen molar-refractivity contribution in [2.24, 2.45) is 23.2 Å². The van der Waals surface area contributed by atoms with Gasteiger partial charge in [-0.15, -0.1) is 0 Å². The average Bonchev–Trinajstić information content (AvgIpc) is 3.04. The molecule has 0 heterocycles. The first-order chi connectivity index (χ1) is 14.5. The summed E-state index contributed by atoms with van der Waals surface area (Å²) in [6, 6.07) is 0. The van der Waals surface area contributed by atoms with Gasteiger partial charge in [-0.2, -0.15) is 0 Å². The summed E-state index contributed by atoms with van der Waals surface area (Å²) in [7, 11) is 0. The minimum absolute atomic E-state index is 0.0190. The summed E-state index contributed by atoms with van der Waals surface area (Å²) in [5, 5.41) is 29.9. The van der Waals surface area contributed by atoms with Gasteiger partial charge in [0.05, 0.1) is 18.3 Å². The second kappa shape index (κ2) is 9.77. The van der Waals surface area contributed by atoms with Gasteiger partial charge in [-0.1, -0.05) is 56.2 Å². The highest BCUT2D eigenvalue weighted by molar-refractivity contribution is 5.39. The van der Waals surface area contributed by atoms with Crippen molar-refractivity contribution < 1.29 is 15.3 Å². The topological polar surface area (TPSA) is 60.7 Å². The zero-order valence-electron chi connectivity index (χ0n) is 20.2. The lowest BCUT2D eigenvalue weighted by Gasteiger charge is -2.42. The van der Waals surface area contributed by atoms with Crippen LogP contribution in [-0.4, -0.2) is 33.6 Å². The minimum atomic E-state index is -0.573. The van der Waals surface area contributed by atoms with E-state index in [9.17, 15) is 15.3 Å². The summed E-state index contributed by atoms with van der Waals surface area (Å²) in [6.45, 7) is 12.9. The Morgan fingerprint density at radius 3 is 2.74 bits per heavy atom. The molecule has 3 aliphatic carbocycles. The van der Waals surface area contributed by atoms with Gasteiger partial charge in [0.1, 0.15) is 0 Å². The van der Waals surface area contributed by atoms with Gasteiger partial charge < -0.3 is 15.3 Å². The normalized spacial score (nSPS) is 35.4. The molecule has 3 N–H and O–H groups in total. The highest BCUT2D eigenvalue weighted by Crippen LogP contribution is 2.57. The van der Waals surface area contributed by atoms with Crippen LogP contribution in [0.15, 0.2) is 47.1 Å². The van der Waals surface area contributed by atoms with Gasteiger partial charge in [0, 0.05) is 5.92 Å². The van der Waals surface area contributed by atoms with E-state index in [0.717, 1.165) is 43.3 Å². The summed E-state index contributed by atoms with van der Waals surface area (Å²) in [5.41, 5.74) is 4.93. The molecule has 174 valence electrons. The maximum absolute atomic E-state index is 10.2. The third-order valence-corrected chi connectivity index (χ3v) is 8.20. The number of aliphatic hydroxyl groups is 3. The Kier molecular flexibility index (Phi) is 7.71. The van der Waals surface area contributed by atoms with Crippen molar-refractivity contribution in [2.45, 2.75) is 97.2 Å². The van der Waals surface area contributed by atoms with Gasteiger partial charge in [-0.3, -0.25) is 0 Å². The summed E-state index contributed by atoms with van der Waals surface area (Å²) in [5.74, 6) is 1.11. The first-order valence-corrected chi connectivity index (χ1v) is 12.4. The zero-order chi connectivity index (χ0) is 22.8. The third kappa shape index (κ3) is 5.61. The van der Waals surface area contributed by atoms with Gasteiger partial charge >= 0.3 is 0 Å². The highest BCUT2D eigenvalue weighted by atomic mass is 16.3. The molecule has 3 rings (SSSR count). The van der Waals surface area contributed by atoms with Crippen LogP contribution < -0.4 is 0 Å². The number of allylic oxidation sites excluding steroid dienone is 5. The second-order valence-electron chi connectivity index (χ2n) is 11.3. The Morgan fingerprint density at radius 1 is 1.32 bits per heavy atom. The largest absolute Gasteiger partial charge is 0.396 e. The summed E-state index contributed by atoms with van der Waals surface area (Å²) in [6.07, 6.45) is 15.7. The SMILES string of the molecule is C=C1/C(=C/C=C2\CCC[C@]3(C)C([C@H](C)CCCC(C)(C)O)=CC[C@@H]23)C[C@@H](O)C[C@@H]1CO. The number of rotatable bonds is 7. The van der Waals surface area contributed by atoms with Gasteiger partial charge in [0.15, 0.2) is 0 Å². The Hall–Kier alpha value is -1.16. The van der Waals surface area contributed by atoms with Crippen molar-refractivity contribution in [3.05, 3.63) is 47.1 Å². The minimum Gasteiger partial charge on any atom is -0.396 e. The monoisotopic (exact) mass is 428 g/mol. The number of aliphatic hydroxyl groups excluding tert-OH is 2. The van der Waals surface area contributed by atoms with E-state index in [-0.39, 0.29) is 24.0 Å². The maximum Gasteiger partial charge on any atom is 0.0591 e. The van der Waals surface area contributed by atoms with Gasteiger partial charge in [-0.05, 0) is 93.6 Å². The second-order valence-corrected chi connectivity index (χ2v) is 11.3. The molecule has 0 bridgehead atoms. The fourth-order valence-corrected chi connectivity index (χ4v) is 6.38. The Morgan fingerprint density at radius 2 is 2.06 bits per heavy atom. The maximum atomic E-state index is 10.2. The molecule has 3 aliphatic rings. The summed E-state index contributed by atoms with van der Waals surface area (Å²) in [4.78, 5) is 0. The molecule has 0 aliphatic heterocycles.